The molecule has 0 unspecified atom stereocenters. The van der Waals surface area contributed by atoms with Crippen LogP contribution in [0.2, 0.25) is 0 Å². The molecule has 0 atom stereocenters. The van der Waals surface area contributed by atoms with E-state index in [2.05, 4.69) is 21.4 Å². The molecule has 2 rings (SSSR count). The number of allylic oxidation sites excluding steroid dienone is 1. The van der Waals surface area contributed by atoms with Crippen LogP contribution in [0.5, 0.6) is 5.75 Å². The molecule has 0 radical (unpaired) electrons. The molecule has 0 bridgehead atoms. The number of aryl methyl sites for hydroxylation is 1. The fraction of sp³-hybridized carbons (Fsp3) is 0.200. The normalized spacial score (nSPS) is 12.3. The first-order valence-corrected chi connectivity index (χ1v) is 6.35. The lowest BCUT2D eigenvalue weighted by Gasteiger charge is -2.09. The van der Waals surface area contributed by atoms with Gasteiger partial charge in [0.15, 0.2) is 0 Å². The largest absolute Gasteiger partial charge is 0.573 e. The molecular weight excluding hydrogens is 295 g/mol. The number of ether oxygens (including phenoxy) is 1. The summed E-state index contributed by atoms with van der Waals surface area (Å²) in [4.78, 5) is 7.98. The van der Waals surface area contributed by atoms with Crippen LogP contribution in [0.15, 0.2) is 35.5 Å². The van der Waals surface area contributed by atoms with Crippen LogP contribution < -0.4 is 4.74 Å². The fourth-order valence-corrected chi connectivity index (χ4v) is 1.92. The van der Waals surface area contributed by atoms with Gasteiger partial charge in [-0.2, -0.15) is 0 Å². The topological polar surface area (TPSA) is 39.4 Å². The molecule has 1 heterocycles. The summed E-state index contributed by atoms with van der Waals surface area (Å²) in [5, 5.41) is 0. The number of benzene rings is 1. The number of halogens is 3. The molecule has 2 aromatic rings. The van der Waals surface area contributed by atoms with Crippen molar-refractivity contribution in [2.75, 3.05) is 0 Å². The predicted octanol–water partition coefficient (Wildman–Crippen LogP) is 4.44. The molecule has 0 spiro atoms. The Labute approximate surface area is 125 Å². The maximum atomic E-state index is 12.1. The third-order valence-electron chi connectivity index (χ3n) is 2.85. The highest BCUT2D eigenvalue weighted by Gasteiger charge is 2.30. The molecule has 0 fully saturated rings. The minimum absolute atomic E-state index is 0.254. The van der Waals surface area contributed by atoms with E-state index in [1.807, 2.05) is 13.8 Å². The van der Waals surface area contributed by atoms with Crippen LogP contribution in [0.25, 0.3) is 11.8 Å². The minimum Gasteiger partial charge on any atom is -0.406 e. The molecule has 0 saturated carbocycles. The molecule has 0 aliphatic carbocycles. The van der Waals surface area contributed by atoms with E-state index in [-0.39, 0.29) is 5.75 Å². The van der Waals surface area contributed by atoms with E-state index < -0.39 is 6.36 Å². The summed E-state index contributed by atoms with van der Waals surface area (Å²) < 4.78 is 41.9. The van der Waals surface area contributed by atoms with Crippen LogP contribution in [-0.4, -0.2) is 22.6 Å². The van der Waals surface area contributed by atoms with Crippen molar-refractivity contribution in [1.29, 1.82) is 0 Å². The van der Waals surface area contributed by atoms with Crippen LogP contribution in [0, 0.1) is 6.92 Å². The van der Waals surface area contributed by atoms with Crippen LogP contribution in [0.3, 0.4) is 0 Å². The number of alkyl halides is 3. The summed E-state index contributed by atoms with van der Waals surface area (Å²) in [5.74, 6) is 0.199. The standard InChI is InChI=1S/C15H14F3N3O/c1-10(8-21-9-11(2)20-14(21)19-3)12-4-6-13(7-5-12)22-15(16,17)18/h4-9H,3H2,1-2H3/b10-8+. The second-order valence-electron chi connectivity index (χ2n) is 4.63. The number of hydrogen-bond acceptors (Lipinski definition) is 3. The molecule has 1 aromatic carbocycles. The van der Waals surface area contributed by atoms with Gasteiger partial charge in [-0.3, -0.25) is 4.57 Å². The van der Waals surface area contributed by atoms with E-state index in [1.54, 1.807) is 29.1 Å². The predicted molar refractivity (Wildman–Crippen MR) is 79.1 cm³/mol. The van der Waals surface area contributed by atoms with Gasteiger partial charge in [-0.25, -0.2) is 9.98 Å². The third kappa shape index (κ3) is 3.97. The van der Waals surface area contributed by atoms with Gasteiger partial charge in [0.1, 0.15) is 5.75 Å². The van der Waals surface area contributed by atoms with E-state index in [0.717, 1.165) is 16.8 Å². The van der Waals surface area contributed by atoms with Crippen LogP contribution in [-0.2, 0) is 0 Å². The first kappa shape index (κ1) is 15.8. The van der Waals surface area contributed by atoms with Gasteiger partial charge in [0, 0.05) is 12.4 Å². The molecule has 0 aliphatic rings. The molecule has 0 saturated heterocycles. The Morgan fingerprint density at radius 1 is 1.32 bits per heavy atom. The highest BCUT2D eigenvalue weighted by molar-refractivity contribution is 5.75. The summed E-state index contributed by atoms with van der Waals surface area (Å²) in [6, 6.07) is 5.65. The van der Waals surface area contributed by atoms with Crippen molar-refractivity contribution >= 4 is 24.4 Å². The minimum atomic E-state index is -4.69. The number of aliphatic imine (C=N–C) groups is 1. The summed E-state index contributed by atoms with van der Waals surface area (Å²) in [6.45, 7) is 7.11. The van der Waals surface area contributed by atoms with Crippen LogP contribution >= 0.6 is 0 Å². The number of nitrogens with zero attached hydrogens (tertiary/aromatic N) is 3. The van der Waals surface area contributed by atoms with Gasteiger partial charge in [-0.05, 0) is 43.8 Å². The van der Waals surface area contributed by atoms with Gasteiger partial charge in [0.2, 0.25) is 5.95 Å². The maximum Gasteiger partial charge on any atom is 0.573 e. The Kier molecular flexibility index (Phi) is 4.35. The first-order valence-electron chi connectivity index (χ1n) is 6.35. The van der Waals surface area contributed by atoms with Crippen molar-refractivity contribution in [2.45, 2.75) is 20.2 Å². The molecule has 1 aromatic heterocycles. The summed E-state index contributed by atoms with van der Waals surface area (Å²) in [6.07, 6.45) is -1.12. The Morgan fingerprint density at radius 2 is 1.95 bits per heavy atom. The zero-order valence-corrected chi connectivity index (χ0v) is 12.1. The van der Waals surface area contributed by atoms with Crippen molar-refractivity contribution in [3.8, 4) is 5.75 Å². The number of rotatable bonds is 4. The number of hydrogen-bond donors (Lipinski definition) is 0. The van der Waals surface area contributed by atoms with Gasteiger partial charge >= 0.3 is 6.36 Å². The number of imidazole rings is 1. The van der Waals surface area contributed by atoms with E-state index in [0.29, 0.717) is 5.95 Å². The molecule has 0 amide bonds. The SMILES string of the molecule is C=Nc1nc(C)cn1/C=C(\C)c1ccc(OC(F)(F)F)cc1. The van der Waals surface area contributed by atoms with E-state index in [4.69, 9.17) is 0 Å². The Morgan fingerprint density at radius 3 is 2.50 bits per heavy atom. The van der Waals surface area contributed by atoms with Crippen molar-refractivity contribution in [1.82, 2.24) is 9.55 Å². The van der Waals surface area contributed by atoms with E-state index >= 15 is 0 Å². The quantitative estimate of drug-likeness (QED) is 0.783. The van der Waals surface area contributed by atoms with E-state index in [1.165, 1.54) is 12.1 Å². The van der Waals surface area contributed by atoms with Crippen molar-refractivity contribution < 1.29 is 17.9 Å². The van der Waals surface area contributed by atoms with Crippen molar-refractivity contribution in [3.63, 3.8) is 0 Å². The lowest BCUT2D eigenvalue weighted by atomic mass is 10.1. The van der Waals surface area contributed by atoms with Gasteiger partial charge in [-0.15, -0.1) is 13.2 Å². The van der Waals surface area contributed by atoms with Crippen molar-refractivity contribution in [2.24, 2.45) is 4.99 Å². The lowest BCUT2D eigenvalue weighted by molar-refractivity contribution is -0.274. The summed E-state index contributed by atoms with van der Waals surface area (Å²) in [5.41, 5.74) is 2.39. The van der Waals surface area contributed by atoms with Crippen LogP contribution in [0.4, 0.5) is 19.1 Å². The molecule has 7 heteroatoms. The van der Waals surface area contributed by atoms with Gasteiger partial charge in [0.05, 0.1) is 5.69 Å². The summed E-state index contributed by atoms with van der Waals surface area (Å²) >= 11 is 0. The first-order chi connectivity index (χ1) is 10.3. The Balaban J connectivity index is 2.23. The van der Waals surface area contributed by atoms with E-state index in [9.17, 15) is 13.2 Å². The second kappa shape index (κ2) is 6.05. The molecular formula is C15H14F3N3O. The molecule has 0 N–H and O–H groups in total. The van der Waals surface area contributed by atoms with Gasteiger partial charge in [-0.1, -0.05) is 12.1 Å². The highest BCUT2D eigenvalue weighted by Crippen LogP contribution is 2.25. The monoisotopic (exact) mass is 309 g/mol. The van der Waals surface area contributed by atoms with Gasteiger partial charge in [0.25, 0.3) is 0 Å². The Bertz CT molecular complexity index is 700. The van der Waals surface area contributed by atoms with Crippen molar-refractivity contribution in [3.05, 3.63) is 41.7 Å². The van der Waals surface area contributed by atoms with Gasteiger partial charge < -0.3 is 4.74 Å². The second-order valence-corrected chi connectivity index (χ2v) is 4.63. The Hall–Kier alpha value is -2.57. The maximum absolute atomic E-state index is 12.1. The fourth-order valence-electron chi connectivity index (χ4n) is 1.92. The zero-order chi connectivity index (χ0) is 16.3. The average Bonchev–Trinajstić information content (AvgIpc) is 2.77. The molecule has 22 heavy (non-hydrogen) atoms. The smallest absolute Gasteiger partial charge is 0.406 e. The number of aromatic nitrogens is 2. The average molecular weight is 309 g/mol. The third-order valence-corrected chi connectivity index (χ3v) is 2.85. The lowest BCUT2D eigenvalue weighted by Crippen LogP contribution is -2.16. The highest BCUT2D eigenvalue weighted by atomic mass is 19.4. The summed E-state index contributed by atoms with van der Waals surface area (Å²) in [7, 11) is 0. The molecule has 0 aliphatic heterocycles. The molecule has 116 valence electrons. The zero-order valence-electron chi connectivity index (χ0n) is 12.1. The van der Waals surface area contributed by atoms with Crippen LogP contribution in [0.1, 0.15) is 18.2 Å². The molecule has 4 nitrogen and oxygen atoms in total.